The minimum absolute atomic E-state index is 0.162. The molecule has 3 nitrogen and oxygen atoms in total. The predicted octanol–water partition coefficient (Wildman–Crippen LogP) is 5.02. The van der Waals surface area contributed by atoms with Crippen molar-refractivity contribution in [2.75, 3.05) is 0 Å². The fourth-order valence-electron chi connectivity index (χ4n) is 3.48. The summed E-state index contributed by atoms with van der Waals surface area (Å²) in [6.45, 7) is 1.70. The van der Waals surface area contributed by atoms with Crippen LogP contribution >= 0.6 is 0 Å². The Kier molecular flexibility index (Phi) is 6.41. The van der Waals surface area contributed by atoms with E-state index >= 15 is 0 Å². The van der Waals surface area contributed by atoms with Crippen LogP contribution in [0.1, 0.15) is 36.8 Å². The van der Waals surface area contributed by atoms with Crippen LogP contribution in [0, 0.1) is 0 Å². The summed E-state index contributed by atoms with van der Waals surface area (Å²) in [5.41, 5.74) is 3.47. The lowest BCUT2D eigenvalue weighted by Gasteiger charge is -2.33. The molecule has 0 bridgehead atoms. The smallest absolute Gasteiger partial charge is 0.0745 e. The highest BCUT2D eigenvalue weighted by Crippen LogP contribution is 2.21. The van der Waals surface area contributed by atoms with Crippen molar-refractivity contribution in [3.8, 4) is 0 Å². The zero-order chi connectivity index (χ0) is 17.3. The summed E-state index contributed by atoms with van der Waals surface area (Å²) in [5, 5.41) is 13.3. The molecule has 130 valence electrons. The second-order valence-electron chi connectivity index (χ2n) is 6.57. The maximum absolute atomic E-state index is 9.60. The Labute approximate surface area is 150 Å². The second kappa shape index (κ2) is 9.19. The number of nitrogens with zero attached hydrogens (tertiary/aromatic N) is 2. The van der Waals surface area contributed by atoms with E-state index in [1.807, 2.05) is 12.1 Å². The van der Waals surface area contributed by atoms with Gasteiger partial charge in [0.2, 0.25) is 0 Å². The zero-order valence-corrected chi connectivity index (χ0v) is 14.6. The van der Waals surface area contributed by atoms with Gasteiger partial charge >= 0.3 is 0 Å². The van der Waals surface area contributed by atoms with E-state index in [-0.39, 0.29) is 6.04 Å². The largest absolute Gasteiger partial charge is 0.411 e. The van der Waals surface area contributed by atoms with Crippen LogP contribution in [-0.4, -0.2) is 21.9 Å². The molecular formula is C22H26N2O. The van der Waals surface area contributed by atoms with Crippen molar-refractivity contribution in [1.29, 1.82) is 0 Å². The molecular weight excluding hydrogens is 308 g/mol. The minimum atomic E-state index is 0.162. The highest BCUT2D eigenvalue weighted by molar-refractivity contribution is 5.89. The number of benzene rings is 2. The first-order valence-corrected chi connectivity index (χ1v) is 9.04. The van der Waals surface area contributed by atoms with Crippen molar-refractivity contribution >= 4 is 5.71 Å². The summed E-state index contributed by atoms with van der Waals surface area (Å²) in [5.74, 6) is 0. The third kappa shape index (κ3) is 5.04. The van der Waals surface area contributed by atoms with E-state index in [1.54, 1.807) is 0 Å². The van der Waals surface area contributed by atoms with Gasteiger partial charge in [0.1, 0.15) is 0 Å². The summed E-state index contributed by atoms with van der Waals surface area (Å²) in [4.78, 5) is 2.44. The Bertz CT molecular complexity index is 653. The fourth-order valence-corrected chi connectivity index (χ4v) is 3.48. The molecule has 0 amide bonds. The number of hydrogen-bond acceptors (Lipinski definition) is 3. The lowest BCUT2D eigenvalue weighted by molar-refractivity contribution is 0.206. The van der Waals surface area contributed by atoms with E-state index in [0.29, 0.717) is 0 Å². The van der Waals surface area contributed by atoms with E-state index in [0.717, 1.165) is 44.5 Å². The van der Waals surface area contributed by atoms with Crippen molar-refractivity contribution in [2.24, 2.45) is 5.16 Å². The normalized spacial score (nSPS) is 19.7. The van der Waals surface area contributed by atoms with Crippen LogP contribution in [0.15, 0.2) is 78.0 Å². The van der Waals surface area contributed by atoms with Crippen LogP contribution in [0.25, 0.3) is 0 Å². The molecule has 0 saturated carbocycles. The van der Waals surface area contributed by atoms with Crippen molar-refractivity contribution in [3.63, 3.8) is 0 Å². The van der Waals surface area contributed by atoms with Crippen LogP contribution in [0.3, 0.4) is 0 Å². The van der Waals surface area contributed by atoms with E-state index < -0.39 is 0 Å². The Balaban J connectivity index is 1.86. The quantitative estimate of drug-likeness (QED) is 0.473. The molecule has 0 aliphatic heterocycles. The van der Waals surface area contributed by atoms with Crippen LogP contribution in [-0.2, 0) is 13.1 Å². The van der Waals surface area contributed by atoms with Gasteiger partial charge in [-0.3, -0.25) is 4.90 Å². The zero-order valence-electron chi connectivity index (χ0n) is 14.6. The fraction of sp³-hybridized carbons (Fsp3) is 0.318. The molecule has 2 aromatic rings. The van der Waals surface area contributed by atoms with Crippen molar-refractivity contribution in [2.45, 2.75) is 44.8 Å². The molecule has 1 aliphatic carbocycles. The summed E-state index contributed by atoms with van der Waals surface area (Å²) in [6, 6.07) is 21.2. The molecule has 2 aromatic carbocycles. The van der Waals surface area contributed by atoms with Gasteiger partial charge in [-0.15, -0.1) is 0 Å². The van der Waals surface area contributed by atoms with Gasteiger partial charge in [0.25, 0.3) is 0 Å². The molecule has 1 unspecified atom stereocenters. The first-order chi connectivity index (χ1) is 12.4. The molecule has 1 aliphatic rings. The molecule has 3 heteroatoms. The summed E-state index contributed by atoms with van der Waals surface area (Å²) in [7, 11) is 0. The molecule has 25 heavy (non-hydrogen) atoms. The number of hydrogen-bond donors (Lipinski definition) is 1. The first-order valence-electron chi connectivity index (χ1n) is 9.04. The Morgan fingerprint density at radius 1 is 0.840 bits per heavy atom. The van der Waals surface area contributed by atoms with Gasteiger partial charge in [0.15, 0.2) is 0 Å². The van der Waals surface area contributed by atoms with E-state index in [2.05, 4.69) is 70.7 Å². The third-order valence-electron chi connectivity index (χ3n) is 4.75. The molecule has 0 heterocycles. The van der Waals surface area contributed by atoms with Gasteiger partial charge in [0.05, 0.1) is 11.8 Å². The minimum Gasteiger partial charge on any atom is -0.411 e. The van der Waals surface area contributed by atoms with E-state index in [9.17, 15) is 5.21 Å². The van der Waals surface area contributed by atoms with Gasteiger partial charge in [0, 0.05) is 13.1 Å². The van der Waals surface area contributed by atoms with Gasteiger partial charge in [-0.2, -0.15) is 0 Å². The van der Waals surface area contributed by atoms with Gasteiger partial charge in [-0.1, -0.05) is 78.0 Å². The van der Waals surface area contributed by atoms with Gasteiger partial charge < -0.3 is 5.21 Å². The number of allylic oxidation sites excluding steroid dienone is 2. The molecule has 1 N–H and O–H groups in total. The Morgan fingerprint density at radius 2 is 1.40 bits per heavy atom. The van der Waals surface area contributed by atoms with Gasteiger partial charge in [-0.25, -0.2) is 0 Å². The Hall–Kier alpha value is -2.39. The highest BCUT2D eigenvalue weighted by atomic mass is 16.4. The number of oxime groups is 1. The maximum Gasteiger partial charge on any atom is 0.0745 e. The van der Waals surface area contributed by atoms with Gasteiger partial charge in [-0.05, 0) is 36.8 Å². The average molecular weight is 334 g/mol. The van der Waals surface area contributed by atoms with Crippen LogP contribution < -0.4 is 0 Å². The molecule has 0 spiro atoms. The standard InChI is InChI=1S/C22H26N2O/c25-23-21-15-9-1-2-10-16-22(21)24(17-19-11-5-3-6-12-19)18-20-13-7-4-8-14-20/h1-8,11-14,22,25H,9-10,15-18H2. The highest BCUT2D eigenvalue weighted by Gasteiger charge is 2.24. The molecule has 1 atom stereocenters. The van der Waals surface area contributed by atoms with Crippen LogP contribution in [0.2, 0.25) is 0 Å². The molecule has 0 fully saturated rings. The first kappa shape index (κ1) is 17.4. The van der Waals surface area contributed by atoms with E-state index in [1.165, 1.54) is 11.1 Å². The predicted molar refractivity (Wildman–Crippen MR) is 103 cm³/mol. The van der Waals surface area contributed by atoms with E-state index in [4.69, 9.17) is 0 Å². The lowest BCUT2D eigenvalue weighted by Crippen LogP contribution is -2.40. The summed E-state index contributed by atoms with van der Waals surface area (Å²) < 4.78 is 0. The third-order valence-corrected chi connectivity index (χ3v) is 4.75. The SMILES string of the molecule is ON=C1CCC=CCCC1N(Cc1ccccc1)Cc1ccccc1. The molecule has 0 radical (unpaired) electrons. The summed E-state index contributed by atoms with van der Waals surface area (Å²) >= 11 is 0. The van der Waals surface area contributed by atoms with Crippen molar-refractivity contribution in [1.82, 2.24) is 4.90 Å². The average Bonchev–Trinajstić information content (AvgIpc) is 2.63. The van der Waals surface area contributed by atoms with Crippen molar-refractivity contribution < 1.29 is 5.21 Å². The molecule has 0 aromatic heterocycles. The van der Waals surface area contributed by atoms with Crippen molar-refractivity contribution in [3.05, 3.63) is 83.9 Å². The maximum atomic E-state index is 9.60. The lowest BCUT2D eigenvalue weighted by atomic mass is 9.96. The van der Waals surface area contributed by atoms with Crippen LogP contribution in [0.5, 0.6) is 0 Å². The topological polar surface area (TPSA) is 35.8 Å². The molecule has 0 saturated heterocycles. The number of rotatable bonds is 5. The van der Waals surface area contributed by atoms with Crippen LogP contribution in [0.4, 0.5) is 0 Å². The Morgan fingerprint density at radius 3 is 1.96 bits per heavy atom. The summed E-state index contributed by atoms with van der Waals surface area (Å²) in [6.07, 6.45) is 8.21. The molecule has 3 rings (SSSR count). The monoisotopic (exact) mass is 334 g/mol. The second-order valence-corrected chi connectivity index (χ2v) is 6.57.